The molecule has 0 aromatic heterocycles. The summed E-state index contributed by atoms with van der Waals surface area (Å²) in [4.78, 5) is 10.4. The van der Waals surface area contributed by atoms with Gasteiger partial charge in [-0.15, -0.1) is 11.5 Å². The maximum atomic E-state index is 11.6. The summed E-state index contributed by atoms with van der Waals surface area (Å²) in [5.41, 5.74) is 11.3. The molecule has 0 aliphatic heterocycles. The fourth-order valence-electron chi connectivity index (χ4n) is 6.13. The number of aliphatic imine (C=N–C) groups is 2. The largest absolute Gasteiger partial charge is 2.00 e. The topological polar surface area (TPSA) is 70.8 Å². The zero-order chi connectivity index (χ0) is 35.3. The van der Waals surface area contributed by atoms with E-state index >= 15 is 0 Å². The minimum Gasteiger partial charge on any atom is -0.873 e. The van der Waals surface area contributed by atoms with Gasteiger partial charge in [-0.1, -0.05) is 109 Å². The Morgan fingerprint density at radius 2 is 0.918 bits per heavy atom. The Hall–Kier alpha value is -2.91. The van der Waals surface area contributed by atoms with Crippen LogP contribution in [0.1, 0.15) is 151 Å². The van der Waals surface area contributed by atoms with Gasteiger partial charge in [0, 0.05) is 0 Å². The van der Waals surface area contributed by atoms with Gasteiger partial charge in [0.2, 0.25) is 0 Å². The van der Waals surface area contributed by atoms with Crippen molar-refractivity contribution >= 4 is 22.8 Å². The van der Waals surface area contributed by atoms with Crippen LogP contribution in [0.15, 0.2) is 58.5 Å². The van der Waals surface area contributed by atoms with Crippen molar-refractivity contribution in [2.75, 3.05) is 0 Å². The van der Waals surface area contributed by atoms with E-state index in [4.69, 9.17) is 9.98 Å². The van der Waals surface area contributed by atoms with Crippen molar-refractivity contribution in [2.45, 2.75) is 158 Å². The van der Waals surface area contributed by atoms with Crippen LogP contribution in [-0.2, 0) is 29.3 Å². The number of benzene rings is 3. The number of hydrogen-bond donors (Lipinski definition) is 0. The van der Waals surface area contributed by atoms with Crippen molar-refractivity contribution in [1.29, 1.82) is 0 Å². The van der Waals surface area contributed by atoms with Crippen LogP contribution in [0.25, 0.3) is 0 Å². The van der Waals surface area contributed by atoms with E-state index in [-0.39, 0.29) is 28.0 Å². The zero-order valence-electron chi connectivity index (χ0n) is 32.0. The van der Waals surface area contributed by atoms with E-state index in [0.29, 0.717) is 5.56 Å². The molecule has 49 heavy (non-hydrogen) atoms. The second kappa shape index (κ2) is 25.1. The molecule has 272 valence electrons. The van der Waals surface area contributed by atoms with Crippen LogP contribution in [0, 0.1) is 27.7 Å². The molecular weight excluding hydrogens is 647 g/mol. The molecule has 0 saturated carbocycles. The van der Waals surface area contributed by atoms with E-state index in [1.54, 1.807) is 0 Å². The Morgan fingerprint density at radius 3 is 1.39 bits per heavy atom. The van der Waals surface area contributed by atoms with Crippen LogP contribution in [0.5, 0.6) is 11.5 Å². The molecule has 0 aliphatic carbocycles. The van der Waals surface area contributed by atoms with Crippen molar-refractivity contribution in [3.05, 3.63) is 81.9 Å². The summed E-state index contributed by atoms with van der Waals surface area (Å²) >= 11 is 0. The van der Waals surface area contributed by atoms with E-state index in [1.165, 1.54) is 97.5 Å². The van der Waals surface area contributed by atoms with Crippen molar-refractivity contribution < 1.29 is 26.7 Å². The molecule has 0 fully saturated rings. The van der Waals surface area contributed by atoms with E-state index in [9.17, 15) is 10.2 Å². The Balaban J connectivity index is 0.000000566. The fourth-order valence-corrected chi connectivity index (χ4v) is 6.13. The van der Waals surface area contributed by atoms with E-state index in [2.05, 4.69) is 91.8 Å². The van der Waals surface area contributed by atoms with Gasteiger partial charge in [-0.05, 0) is 131 Å². The van der Waals surface area contributed by atoms with E-state index < -0.39 is 0 Å². The minimum atomic E-state index is -0.329. The first-order chi connectivity index (χ1) is 23.1. The Kier molecular flexibility index (Phi) is 22.6. The Morgan fingerprint density at radius 1 is 0.490 bits per heavy atom. The zero-order valence-corrected chi connectivity index (χ0v) is 32.9. The average molecular weight is 712 g/mol. The second-order valence-corrected chi connectivity index (χ2v) is 13.7. The summed E-state index contributed by atoms with van der Waals surface area (Å²) in [6, 6.07) is 16.7. The average Bonchev–Trinajstić information content (AvgIpc) is 3.02. The molecule has 0 unspecified atom stereocenters. The molecule has 4 nitrogen and oxygen atoms in total. The molecule has 0 N–H and O–H groups in total. The van der Waals surface area contributed by atoms with Gasteiger partial charge in [-0.3, -0.25) is 9.98 Å². The van der Waals surface area contributed by atoms with Gasteiger partial charge in [-0.25, -0.2) is 0 Å². The van der Waals surface area contributed by atoms with Gasteiger partial charge >= 0.3 is 16.5 Å². The van der Waals surface area contributed by atoms with E-state index in [1.807, 2.05) is 6.07 Å². The summed E-state index contributed by atoms with van der Waals surface area (Å²) < 4.78 is 0. The van der Waals surface area contributed by atoms with Crippen LogP contribution in [-0.4, -0.2) is 11.4 Å². The predicted molar refractivity (Wildman–Crippen MR) is 206 cm³/mol. The molecule has 0 aliphatic rings. The third-order valence-corrected chi connectivity index (χ3v) is 8.62. The maximum Gasteiger partial charge on any atom is 2.00 e. The van der Waals surface area contributed by atoms with Crippen molar-refractivity contribution in [3.63, 3.8) is 0 Å². The van der Waals surface area contributed by atoms with Crippen molar-refractivity contribution in [3.8, 4) is 11.5 Å². The smallest absolute Gasteiger partial charge is 0.873 e. The van der Waals surface area contributed by atoms with Gasteiger partial charge in [0.25, 0.3) is 0 Å². The van der Waals surface area contributed by atoms with Gasteiger partial charge in [0.05, 0.1) is 22.8 Å². The first-order valence-electron chi connectivity index (χ1n) is 18.9. The summed E-state index contributed by atoms with van der Waals surface area (Å²) in [7, 11) is 0. The maximum absolute atomic E-state index is 11.6. The Labute approximate surface area is 309 Å². The molecule has 0 atom stereocenters. The monoisotopic (exact) mass is 710 g/mol. The normalized spacial score (nSPS) is 11.6. The van der Waals surface area contributed by atoms with Crippen molar-refractivity contribution in [1.82, 2.24) is 0 Å². The summed E-state index contributed by atoms with van der Waals surface area (Å²) in [6.45, 7) is 17.4. The van der Waals surface area contributed by atoms with Crippen LogP contribution < -0.4 is 10.2 Å². The second-order valence-electron chi connectivity index (χ2n) is 13.7. The molecule has 0 saturated heterocycles. The molecule has 0 radical (unpaired) electrons. The third kappa shape index (κ3) is 17.5. The number of unbranched alkanes of at least 4 members (excludes halogenated alkanes) is 8. The summed E-state index contributed by atoms with van der Waals surface area (Å²) in [5.74, 6) is -0.622. The third-order valence-electron chi connectivity index (χ3n) is 8.62. The number of hydrogen-bond acceptors (Lipinski definition) is 4. The van der Waals surface area contributed by atoms with E-state index in [0.717, 1.165) is 61.9 Å². The van der Waals surface area contributed by atoms with Crippen LogP contribution in [0.2, 0.25) is 0 Å². The minimum absolute atomic E-state index is 0. The van der Waals surface area contributed by atoms with Crippen molar-refractivity contribution in [2.24, 2.45) is 9.98 Å². The summed E-state index contributed by atoms with van der Waals surface area (Å²) in [5, 5.41) is 23.2. The van der Waals surface area contributed by atoms with Gasteiger partial charge in [0.1, 0.15) is 0 Å². The van der Waals surface area contributed by atoms with Gasteiger partial charge in [0.15, 0.2) is 0 Å². The quantitative estimate of drug-likeness (QED) is 0.0705. The fraction of sp³-hybridized carbons (Fsp3) is 0.545. The SMILES string of the molecule is CCCCCCC(=Nc1cc(C)cc(C)c1)C(CCCCC)=Nc1cc(C)cc(C)c1.CCCCCc1cc([O-])c([O-])c(CCCC)c1.[Ni+2]. The van der Waals surface area contributed by atoms with Gasteiger partial charge in [-0.2, -0.15) is 0 Å². The molecular formula is C44H64N2NiO2. The number of aryl methyl sites for hydroxylation is 6. The first kappa shape index (κ1) is 44.1. The standard InChI is InChI=1S/C29H42N2.C15H24O2.Ni/c1-7-9-11-13-15-29(31-27-20-24(5)17-25(6)21-27)28(14-12-10-8-2)30-26-18-22(3)16-23(4)19-26;1-3-5-7-8-12-10-13(9-6-4-2)15(17)14(16)11-12;/h16-21H,7-15H2,1-6H3;10-11,16-17H,3-9H2,1-2H3;/q;;+2/p-2. The van der Waals surface area contributed by atoms with Gasteiger partial charge < -0.3 is 10.2 Å². The molecule has 0 bridgehead atoms. The molecule has 3 aromatic rings. The molecule has 3 aromatic carbocycles. The predicted octanol–water partition coefficient (Wildman–Crippen LogP) is 12.2. The Bertz CT molecular complexity index is 1400. The molecule has 0 amide bonds. The molecule has 3 rings (SSSR count). The number of rotatable bonds is 19. The number of nitrogens with zero attached hydrogens (tertiary/aromatic N) is 2. The first-order valence-corrected chi connectivity index (χ1v) is 18.9. The van der Waals surface area contributed by atoms with Crippen LogP contribution >= 0.6 is 0 Å². The van der Waals surface area contributed by atoms with Crippen LogP contribution in [0.4, 0.5) is 11.4 Å². The summed E-state index contributed by atoms with van der Waals surface area (Å²) in [6.07, 6.45) is 17.7. The molecule has 0 spiro atoms. The molecule has 0 heterocycles. The van der Waals surface area contributed by atoms with Crippen LogP contribution in [0.3, 0.4) is 0 Å². The molecule has 5 heteroatoms.